The minimum absolute atomic E-state index is 0.238. The molecular formula is C25H22ClFN5OP. The van der Waals surface area contributed by atoms with E-state index in [4.69, 9.17) is 16.6 Å². The van der Waals surface area contributed by atoms with Crippen molar-refractivity contribution >= 4 is 41.7 Å². The lowest BCUT2D eigenvalue weighted by atomic mass is 10.2. The summed E-state index contributed by atoms with van der Waals surface area (Å²) in [5.74, 6) is 0.167. The molecule has 9 heteroatoms. The van der Waals surface area contributed by atoms with Gasteiger partial charge < -0.3 is 5.09 Å². The number of halogens is 2. The number of nitrogens with one attached hydrogen (secondary N) is 1. The minimum atomic E-state index is -3.62. The minimum Gasteiger partial charge on any atom is -0.315 e. The van der Waals surface area contributed by atoms with E-state index in [2.05, 4.69) is 10.2 Å². The number of benzene rings is 3. The number of hydrogen-bond acceptors (Lipinski definition) is 3. The van der Waals surface area contributed by atoms with Crippen molar-refractivity contribution in [3.63, 3.8) is 0 Å². The van der Waals surface area contributed by atoms with Crippen molar-refractivity contribution in [1.82, 2.24) is 14.5 Å². The van der Waals surface area contributed by atoms with Crippen molar-refractivity contribution in [3.8, 4) is 5.69 Å². The standard InChI is InChI=1S/C25H22ClFN5OP/c1-16-13-14-22(20(26)15-16)30-34(33)23-17(2)29-32(18-9-5-4-6-10-18)25(23)28-24(31(34)3)19-11-7-8-12-21(19)27/h4-15H,1-3H3,(H,30,33)/t34-/m0/s1. The third-order valence-electron chi connectivity index (χ3n) is 5.76. The third kappa shape index (κ3) is 3.61. The first-order chi connectivity index (χ1) is 16.3. The average molecular weight is 494 g/mol. The molecule has 172 valence electrons. The largest absolute Gasteiger partial charge is 0.315 e. The van der Waals surface area contributed by atoms with Crippen LogP contribution in [0.2, 0.25) is 5.02 Å². The topological polar surface area (TPSA) is 62.5 Å². The number of rotatable bonds is 4. The summed E-state index contributed by atoms with van der Waals surface area (Å²) >= 11 is 6.49. The van der Waals surface area contributed by atoms with Crippen molar-refractivity contribution < 1.29 is 8.96 Å². The number of aromatic nitrogens is 2. The van der Waals surface area contributed by atoms with Gasteiger partial charge in [-0.2, -0.15) is 5.10 Å². The lowest BCUT2D eigenvalue weighted by Crippen LogP contribution is -2.37. The highest BCUT2D eigenvalue weighted by atomic mass is 35.5. The van der Waals surface area contributed by atoms with E-state index in [-0.39, 0.29) is 11.4 Å². The van der Waals surface area contributed by atoms with Crippen LogP contribution in [-0.4, -0.2) is 27.3 Å². The van der Waals surface area contributed by atoms with Crippen LogP contribution in [0.25, 0.3) is 5.69 Å². The summed E-state index contributed by atoms with van der Waals surface area (Å²) in [6.45, 7) is 3.72. The Labute approximate surface area is 202 Å². The average Bonchev–Trinajstić information content (AvgIpc) is 3.16. The number of amidine groups is 1. The highest BCUT2D eigenvalue weighted by Gasteiger charge is 2.44. The van der Waals surface area contributed by atoms with Gasteiger partial charge in [0.1, 0.15) is 17.0 Å². The van der Waals surface area contributed by atoms with Gasteiger partial charge in [-0.25, -0.2) is 14.1 Å². The second-order valence-corrected chi connectivity index (χ2v) is 10.9. The van der Waals surface area contributed by atoms with Gasteiger partial charge >= 0.3 is 0 Å². The number of fused-ring (bicyclic) bond motifs is 1. The molecule has 1 aromatic heterocycles. The fraction of sp³-hybridized carbons (Fsp3) is 0.120. The second kappa shape index (κ2) is 8.42. The quantitative estimate of drug-likeness (QED) is 0.342. The molecule has 0 aliphatic carbocycles. The van der Waals surface area contributed by atoms with Gasteiger partial charge in [-0.05, 0) is 55.8 Å². The van der Waals surface area contributed by atoms with Crippen LogP contribution >= 0.6 is 19.0 Å². The molecule has 0 fully saturated rings. The van der Waals surface area contributed by atoms with Crippen LogP contribution in [0.5, 0.6) is 0 Å². The molecule has 0 amide bonds. The molecule has 0 spiro atoms. The van der Waals surface area contributed by atoms with Crippen molar-refractivity contribution in [2.45, 2.75) is 13.8 Å². The zero-order chi connectivity index (χ0) is 24.0. The summed E-state index contributed by atoms with van der Waals surface area (Å²) in [6, 6.07) is 21.2. The van der Waals surface area contributed by atoms with Gasteiger partial charge in [0, 0.05) is 7.05 Å². The van der Waals surface area contributed by atoms with E-state index in [0.29, 0.717) is 27.5 Å². The summed E-state index contributed by atoms with van der Waals surface area (Å²) in [5.41, 5.74) is 3.04. The fourth-order valence-corrected chi connectivity index (χ4v) is 6.80. The van der Waals surface area contributed by atoms with Crippen LogP contribution in [-0.2, 0) is 4.57 Å². The molecular weight excluding hydrogens is 472 g/mol. The number of nitrogens with zero attached hydrogens (tertiary/aromatic N) is 4. The van der Waals surface area contributed by atoms with Crippen LogP contribution < -0.4 is 10.4 Å². The zero-order valence-electron chi connectivity index (χ0n) is 18.8. The molecule has 1 N–H and O–H groups in total. The predicted molar refractivity (Wildman–Crippen MR) is 136 cm³/mol. The molecule has 0 bridgehead atoms. The van der Waals surface area contributed by atoms with E-state index in [1.165, 1.54) is 10.7 Å². The summed E-state index contributed by atoms with van der Waals surface area (Å²) in [6.07, 6.45) is 0. The van der Waals surface area contributed by atoms with Gasteiger partial charge in [-0.15, -0.1) is 0 Å². The number of aliphatic imine (C=N–C) groups is 1. The number of hydrogen-bond donors (Lipinski definition) is 1. The molecule has 1 atom stereocenters. The smallest absolute Gasteiger partial charge is 0.296 e. The number of aryl methyl sites for hydroxylation is 2. The van der Waals surface area contributed by atoms with Gasteiger partial charge in [0.15, 0.2) is 5.82 Å². The molecule has 0 radical (unpaired) electrons. The monoisotopic (exact) mass is 493 g/mol. The van der Waals surface area contributed by atoms with Crippen molar-refractivity contribution in [2.24, 2.45) is 4.99 Å². The molecule has 4 aromatic rings. The molecule has 3 aromatic carbocycles. The van der Waals surface area contributed by atoms with E-state index >= 15 is 0 Å². The van der Waals surface area contributed by atoms with Crippen molar-refractivity contribution in [3.05, 3.63) is 100 Å². The van der Waals surface area contributed by atoms with Gasteiger partial charge in [0.2, 0.25) is 0 Å². The van der Waals surface area contributed by atoms with E-state index in [0.717, 1.165) is 11.3 Å². The maximum atomic E-state index is 14.9. The summed E-state index contributed by atoms with van der Waals surface area (Å²) in [4.78, 5) is 4.79. The van der Waals surface area contributed by atoms with Crippen LogP contribution in [0.4, 0.5) is 15.9 Å². The Balaban J connectivity index is 1.77. The molecule has 1 aliphatic rings. The molecule has 0 saturated heterocycles. The lowest BCUT2D eigenvalue weighted by Gasteiger charge is -2.35. The lowest BCUT2D eigenvalue weighted by molar-refractivity contribution is 0.552. The van der Waals surface area contributed by atoms with E-state index in [1.54, 1.807) is 49.0 Å². The Kier molecular flexibility index (Phi) is 5.54. The van der Waals surface area contributed by atoms with Crippen LogP contribution in [0, 0.1) is 19.7 Å². The Hall–Kier alpha value is -3.41. The number of anilines is 1. The Morgan fingerprint density at radius 2 is 1.71 bits per heavy atom. The van der Waals surface area contributed by atoms with Gasteiger partial charge in [-0.3, -0.25) is 9.24 Å². The predicted octanol–water partition coefficient (Wildman–Crippen LogP) is 6.24. The first-order valence-corrected chi connectivity index (χ1v) is 12.7. The van der Waals surface area contributed by atoms with Crippen molar-refractivity contribution in [1.29, 1.82) is 0 Å². The maximum absolute atomic E-state index is 14.9. The van der Waals surface area contributed by atoms with Crippen LogP contribution in [0.1, 0.15) is 16.8 Å². The first kappa shape index (κ1) is 22.4. The second-order valence-electron chi connectivity index (χ2n) is 8.11. The van der Waals surface area contributed by atoms with Gasteiger partial charge in [0.25, 0.3) is 7.44 Å². The summed E-state index contributed by atoms with van der Waals surface area (Å²) < 4.78 is 32.9. The molecule has 0 saturated carbocycles. The van der Waals surface area contributed by atoms with Crippen LogP contribution in [0.3, 0.4) is 0 Å². The highest BCUT2D eigenvalue weighted by Crippen LogP contribution is 2.55. The zero-order valence-corrected chi connectivity index (χ0v) is 20.5. The molecule has 0 unspecified atom stereocenters. The van der Waals surface area contributed by atoms with Gasteiger partial charge in [0.05, 0.1) is 27.7 Å². The normalized spacial score (nSPS) is 17.3. The summed E-state index contributed by atoms with van der Waals surface area (Å²) in [5, 5.41) is 8.73. The molecule has 1 aliphatic heterocycles. The SMILES string of the molecule is Cc1ccc(N[P@@]2(=O)c3c(C)nn(-c4ccccc4)c3N=C(c3ccccc3F)N2C)c(Cl)c1. The Morgan fingerprint density at radius 3 is 2.41 bits per heavy atom. The maximum Gasteiger partial charge on any atom is 0.296 e. The van der Waals surface area contributed by atoms with Crippen LogP contribution in [0.15, 0.2) is 77.8 Å². The first-order valence-electron chi connectivity index (χ1n) is 10.7. The molecule has 34 heavy (non-hydrogen) atoms. The number of para-hydroxylation sites is 1. The Bertz CT molecular complexity index is 1480. The molecule has 6 nitrogen and oxygen atoms in total. The molecule has 2 heterocycles. The molecule has 5 rings (SSSR count). The summed E-state index contributed by atoms with van der Waals surface area (Å²) in [7, 11) is -1.98. The highest BCUT2D eigenvalue weighted by molar-refractivity contribution is 7.72. The van der Waals surface area contributed by atoms with Crippen molar-refractivity contribution in [2.75, 3.05) is 12.1 Å². The van der Waals surface area contributed by atoms with E-state index in [9.17, 15) is 8.96 Å². The van der Waals surface area contributed by atoms with E-state index in [1.807, 2.05) is 43.3 Å². The van der Waals surface area contributed by atoms with Gasteiger partial charge in [-0.1, -0.05) is 48.0 Å². The van der Waals surface area contributed by atoms with E-state index < -0.39 is 13.3 Å². The Morgan fingerprint density at radius 1 is 1.00 bits per heavy atom. The fourth-order valence-electron chi connectivity index (χ4n) is 4.05. The third-order valence-corrected chi connectivity index (χ3v) is 8.78.